The number of aromatic nitrogens is 2. The van der Waals surface area contributed by atoms with Gasteiger partial charge in [-0.3, -0.25) is 4.90 Å². The van der Waals surface area contributed by atoms with E-state index < -0.39 is 0 Å². The normalized spacial score (nSPS) is 15.3. The Balaban J connectivity index is 1.24. The Bertz CT molecular complexity index is 953. The summed E-state index contributed by atoms with van der Waals surface area (Å²) in [4.78, 5) is 10.4. The molecule has 148 valence electrons. The standard InChI is InChI=1S/C21H25ClN4OS/c1-15-13-16(2)23-21-19(15)20(24-28-21)27-12-4-7-25-8-10-26(11-9-25)18-6-3-5-17(22)14-18/h3,5-6,13-14H,4,7-12H2,1-2H3. The quantitative estimate of drug-likeness (QED) is 0.551. The zero-order valence-electron chi connectivity index (χ0n) is 16.3. The van der Waals surface area contributed by atoms with Crippen LogP contribution in [-0.4, -0.2) is 53.6 Å². The number of hydrogen-bond donors (Lipinski definition) is 0. The Morgan fingerprint density at radius 2 is 1.96 bits per heavy atom. The van der Waals surface area contributed by atoms with Crippen molar-refractivity contribution in [2.45, 2.75) is 20.3 Å². The fourth-order valence-corrected chi connectivity index (χ4v) is 4.74. The highest BCUT2D eigenvalue weighted by Gasteiger charge is 2.17. The number of nitrogens with zero attached hydrogens (tertiary/aromatic N) is 4. The lowest BCUT2D eigenvalue weighted by Gasteiger charge is -2.36. The molecule has 0 aliphatic carbocycles. The second kappa shape index (κ2) is 8.64. The second-order valence-electron chi connectivity index (χ2n) is 7.26. The molecule has 0 spiro atoms. The van der Waals surface area contributed by atoms with Crippen LogP contribution >= 0.6 is 23.1 Å². The van der Waals surface area contributed by atoms with E-state index in [0.717, 1.165) is 66.0 Å². The molecular formula is C21H25ClN4OS. The van der Waals surface area contributed by atoms with Crippen LogP contribution in [0.4, 0.5) is 5.69 Å². The van der Waals surface area contributed by atoms with Crippen molar-refractivity contribution >= 4 is 39.0 Å². The van der Waals surface area contributed by atoms with E-state index in [-0.39, 0.29) is 0 Å². The Morgan fingerprint density at radius 3 is 2.75 bits per heavy atom. The van der Waals surface area contributed by atoms with Gasteiger partial charge in [-0.1, -0.05) is 17.7 Å². The van der Waals surface area contributed by atoms with Gasteiger partial charge in [0.25, 0.3) is 0 Å². The van der Waals surface area contributed by atoms with Gasteiger partial charge in [-0.05, 0) is 61.6 Å². The van der Waals surface area contributed by atoms with Crippen LogP contribution in [0.15, 0.2) is 30.3 Å². The fraction of sp³-hybridized carbons (Fsp3) is 0.429. The summed E-state index contributed by atoms with van der Waals surface area (Å²) in [6.45, 7) is 10.0. The predicted molar refractivity (Wildman–Crippen MR) is 117 cm³/mol. The van der Waals surface area contributed by atoms with Gasteiger partial charge in [-0.2, -0.15) is 4.37 Å². The third kappa shape index (κ3) is 4.40. The van der Waals surface area contributed by atoms with Gasteiger partial charge in [0, 0.05) is 49.1 Å². The topological polar surface area (TPSA) is 41.5 Å². The third-order valence-corrected chi connectivity index (χ3v) is 6.10. The lowest BCUT2D eigenvalue weighted by Crippen LogP contribution is -2.46. The van der Waals surface area contributed by atoms with Crippen molar-refractivity contribution in [1.29, 1.82) is 0 Å². The fourth-order valence-electron chi connectivity index (χ4n) is 3.72. The van der Waals surface area contributed by atoms with Gasteiger partial charge in [0.15, 0.2) is 0 Å². The van der Waals surface area contributed by atoms with E-state index in [9.17, 15) is 0 Å². The SMILES string of the molecule is Cc1cc(C)c2c(OCCCN3CCN(c4cccc(Cl)c4)CC3)nsc2n1. The number of pyridine rings is 1. The highest BCUT2D eigenvalue weighted by Crippen LogP contribution is 2.30. The molecule has 1 aliphatic heterocycles. The van der Waals surface area contributed by atoms with Crippen molar-refractivity contribution in [3.05, 3.63) is 46.6 Å². The molecule has 4 rings (SSSR count). The minimum absolute atomic E-state index is 0.681. The van der Waals surface area contributed by atoms with Gasteiger partial charge in [0.1, 0.15) is 4.83 Å². The summed E-state index contributed by atoms with van der Waals surface area (Å²) in [6.07, 6.45) is 0.995. The molecule has 0 N–H and O–H groups in total. The number of halogens is 1. The Hall–Kier alpha value is -1.89. The van der Waals surface area contributed by atoms with Crippen molar-refractivity contribution < 1.29 is 4.74 Å². The highest BCUT2D eigenvalue weighted by molar-refractivity contribution is 7.13. The van der Waals surface area contributed by atoms with Crippen LogP contribution in [0.2, 0.25) is 5.02 Å². The van der Waals surface area contributed by atoms with Crippen molar-refractivity contribution in [3.8, 4) is 5.88 Å². The lowest BCUT2D eigenvalue weighted by atomic mass is 10.2. The predicted octanol–water partition coefficient (Wildman–Crippen LogP) is 4.55. The molecule has 1 fully saturated rings. The molecule has 2 aromatic heterocycles. The number of anilines is 1. The molecule has 5 nitrogen and oxygen atoms in total. The monoisotopic (exact) mass is 416 g/mol. The first-order chi connectivity index (χ1) is 13.6. The van der Waals surface area contributed by atoms with Crippen molar-refractivity contribution in [2.24, 2.45) is 0 Å². The Morgan fingerprint density at radius 1 is 1.14 bits per heavy atom. The number of rotatable bonds is 6. The van der Waals surface area contributed by atoms with Crippen LogP contribution in [-0.2, 0) is 0 Å². The maximum Gasteiger partial charge on any atom is 0.235 e. The average molecular weight is 417 g/mol. The molecule has 0 saturated carbocycles. The van der Waals surface area contributed by atoms with E-state index in [1.165, 1.54) is 22.8 Å². The maximum absolute atomic E-state index is 6.11. The van der Waals surface area contributed by atoms with Gasteiger partial charge >= 0.3 is 0 Å². The number of ether oxygens (including phenoxy) is 1. The Labute approximate surface area is 175 Å². The zero-order chi connectivity index (χ0) is 19.5. The van der Waals surface area contributed by atoms with E-state index in [0.29, 0.717) is 6.61 Å². The number of fused-ring (bicyclic) bond motifs is 1. The van der Waals surface area contributed by atoms with E-state index >= 15 is 0 Å². The molecule has 28 heavy (non-hydrogen) atoms. The minimum Gasteiger partial charge on any atom is -0.477 e. The molecule has 0 radical (unpaired) electrons. The molecule has 1 aromatic carbocycles. The van der Waals surface area contributed by atoms with Crippen LogP contribution in [0.3, 0.4) is 0 Å². The summed E-state index contributed by atoms with van der Waals surface area (Å²) >= 11 is 7.53. The van der Waals surface area contributed by atoms with Crippen LogP contribution in [0, 0.1) is 13.8 Å². The van der Waals surface area contributed by atoms with Crippen LogP contribution in [0.5, 0.6) is 5.88 Å². The largest absolute Gasteiger partial charge is 0.477 e. The number of benzene rings is 1. The first-order valence-electron chi connectivity index (χ1n) is 9.69. The molecule has 0 amide bonds. The van der Waals surface area contributed by atoms with Crippen molar-refractivity contribution in [2.75, 3.05) is 44.2 Å². The van der Waals surface area contributed by atoms with Gasteiger partial charge in [0.2, 0.25) is 5.88 Å². The van der Waals surface area contributed by atoms with E-state index in [2.05, 4.69) is 38.2 Å². The molecule has 3 heterocycles. The highest BCUT2D eigenvalue weighted by atomic mass is 35.5. The van der Waals surface area contributed by atoms with Crippen molar-refractivity contribution in [3.63, 3.8) is 0 Å². The molecule has 0 unspecified atom stereocenters. The zero-order valence-corrected chi connectivity index (χ0v) is 17.9. The first kappa shape index (κ1) is 19.4. The van der Waals surface area contributed by atoms with Gasteiger partial charge < -0.3 is 9.64 Å². The molecular weight excluding hydrogens is 392 g/mol. The average Bonchev–Trinajstić information content (AvgIpc) is 3.09. The number of piperazine rings is 1. The van der Waals surface area contributed by atoms with Crippen LogP contribution < -0.4 is 9.64 Å². The van der Waals surface area contributed by atoms with Crippen LogP contribution in [0.25, 0.3) is 10.2 Å². The van der Waals surface area contributed by atoms with Crippen molar-refractivity contribution in [1.82, 2.24) is 14.3 Å². The third-order valence-electron chi connectivity index (χ3n) is 5.14. The summed E-state index contributed by atoms with van der Waals surface area (Å²) in [7, 11) is 0. The summed E-state index contributed by atoms with van der Waals surface area (Å²) in [5.74, 6) is 0.732. The molecule has 3 aromatic rings. The maximum atomic E-state index is 6.11. The molecule has 7 heteroatoms. The second-order valence-corrected chi connectivity index (χ2v) is 8.45. The van der Waals surface area contributed by atoms with Gasteiger partial charge in [0.05, 0.1) is 12.0 Å². The summed E-state index contributed by atoms with van der Waals surface area (Å²) in [5, 5.41) is 1.86. The lowest BCUT2D eigenvalue weighted by molar-refractivity contribution is 0.223. The Kier molecular flexibility index (Phi) is 5.99. The molecule has 0 bridgehead atoms. The smallest absolute Gasteiger partial charge is 0.235 e. The summed E-state index contributed by atoms with van der Waals surface area (Å²) < 4.78 is 10.4. The van der Waals surface area contributed by atoms with Crippen LogP contribution in [0.1, 0.15) is 17.7 Å². The molecule has 1 aliphatic rings. The molecule has 0 atom stereocenters. The minimum atomic E-state index is 0.681. The number of aryl methyl sites for hydroxylation is 2. The summed E-state index contributed by atoms with van der Waals surface area (Å²) in [5.41, 5.74) is 3.42. The number of hydrogen-bond acceptors (Lipinski definition) is 6. The van der Waals surface area contributed by atoms with Gasteiger partial charge in [-0.25, -0.2) is 4.98 Å². The van der Waals surface area contributed by atoms with E-state index in [4.69, 9.17) is 16.3 Å². The van der Waals surface area contributed by atoms with Gasteiger partial charge in [-0.15, -0.1) is 0 Å². The first-order valence-corrected chi connectivity index (χ1v) is 10.8. The van der Waals surface area contributed by atoms with E-state index in [1.54, 1.807) is 0 Å². The van der Waals surface area contributed by atoms with E-state index in [1.807, 2.05) is 25.1 Å². The summed E-state index contributed by atoms with van der Waals surface area (Å²) in [6, 6.07) is 10.2. The molecule has 1 saturated heterocycles.